The van der Waals surface area contributed by atoms with Crippen LogP contribution in [-0.4, -0.2) is 24.4 Å². The van der Waals surface area contributed by atoms with E-state index < -0.39 is 8.80 Å². The molecular weight excluding hydrogens is 641 g/mol. The summed E-state index contributed by atoms with van der Waals surface area (Å²) in [4.78, 5) is 11.5. The lowest BCUT2D eigenvalue weighted by Crippen LogP contribution is -2.39. The minimum absolute atomic E-state index is 0.212. The third kappa shape index (κ3) is 5.73. The molecule has 8 rings (SSSR count). The molecule has 0 aliphatic carbocycles. The summed E-state index contributed by atoms with van der Waals surface area (Å²) < 4.78 is 2.37. The zero-order valence-corrected chi connectivity index (χ0v) is 31.8. The molecule has 7 aromatic rings. The number of anilines is 3. The molecule has 0 bridgehead atoms. The van der Waals surface area contributed by atoms with Crippen molar-refractivity contribution in [2.24, 2.45) is 0 Å². The number of rotatable bonds is 8. The van der Waals surface area contributed by atoms with Crippen LogP contribution in [0.5, 0.6) is 0 Å². The normalized spacial score (nSPS) is 13.7. The average molecular weight is 687 g/mol. The van der Waals surface area contributed by atoms with Crippen molar-refractivity contribution in [2.45, 2.75) is 66.0 Å². The highest BCUT2D eigenvalue weighted by Crippen LogP contribution is 2.42. The maximum Gasteiger partial charge on any atom is 0.138 e. The summed E-state index contributed by atoms with van der Waals surface area (Å²) in [5.41, 5.74) is 10.9. The fourth-order valence-electron chi connectivity index (χ4n) is 7.75. The van der Waals surface area contributed by atoms with Crippen LogP contribution in [0.2, 0.25) is 6.55 Å². The van der Waals surface area contributed by atoms with Crippen LogP contribution in [0.3, 0.4) is 0 Å². The van der Waals surface area contributed by atoms with E-state index >= 15 is 0 Å². The van der Waals surface area contributed by atoms with Crippen molar-refractivity contribution < 1.29 is 4.94 Å². The predicted octanol–water partition coefficient (Wildman–Crippen LogP) is 10.3. The van der Waals surface area contributed by atoms with Gasteiger partial charge in [0, 0.05) is 17.0 Å². The zero-order valence-electron chi connectivity index (χ0n) is 30.6. The largest absolute Gasteiger partial charge is 0.294 e. The highest BCUT2D eigenvalue weighted by atomic mass is 28.3. The fraction of sp³-hybridized carbons (Fsp3) is 0.222. The van der Waals surface area contributed by atoms with Gasteiger partial charge in [-0.3, -0.25) is 4.57 Å². The summed E-state index contributed by atoms with van der Waals surface area (Å²) in [6.45, 7) is 15.9. The second-order valence-corrected chi connectivity index (χ2v) is 17.5. The van der Waals surface area contributed by atoms with Gasteiger partial charge in [-0.2, -0.15) is 5.06 Å². The molecule has 256 valence electrons. The molecule has 0 spiro atoms. The molecule has 0 fully saturated rings. The van der Waals surface area contributed by atoms with Crippen LogP contribution in [0.15, 0.2) is 128 Å². The molecule has 51 heavy (non-hydrogen) atoms. The summed E-state index contributed by atoms with van der Waals surface area (Å²) in [6, 6.07) is 44.6. The molecule has 1 aliphatic rings. The molecule has 3 heterocycles. The van der Waals surface area contributed by atoms with Gasteiger partial charge in [-0.15, -0.1) is 4.94 Å². The van der Waals surface area contributed by atoms with E-state index in [2.05, 4.69) is 174 Å². The highest BCUT2D eigenvalue weighted by molar-refractivity contribution is 6.84. The molecule has 5 aromatic carbocycles. The van der Waals surface area contributed by atoms with E-state index in [1.807, 2.05) is 16.3 Å². The Balaban J connectivity index is 1.23. The first-order valence-electron chi connectivity index (χ1n) is 18.3. The van der Waals surface area contributed by atoms with Gasteiger partial charge in [0.05, 0.1) is 42.9 Å². The van der Waals surface area contributed by atoms with Crippen LogP contribution in [0.4, 0.5) is 17.1 Å². The number of para-hydroxylation sites is 3. The van der Waals surface area contributed by atoms with Crippen molar-refractivity contribution in [3.05, 3.63) is 139 Å². The third-order valence-electron chi connectivity index (χ3n) is 10.4. The molecule has 0 amide bonds. The maximum absolute atomic E-state index is 6.43. The predicted molar refractivity (Wildman–Crippen MR) is 218 cm³/mol. The average Bonchev–Trinajstić information content (AvgIpc) is 3.70. The zero-order chi connectivity index (χ0) is 35.4. The number of benzene rings is 5. The van der Waals surface area contributed by atoms with Crippen molar-refractivity contribution in [2.75, 3.05) is 10.1 Å². The van der Waals surface area contributed by atoms with Gasteiger partial charge in [-0.05, 0) is 96.5 Å². The van der Waals surface area contributed by atoms with E-state index in [4.69, 9.17) is 9.92 Å². The first-order valence-corrected chi connectivity index (χ1v) is 20.6. The van der Waals surface area contributed by atoms with Crippen molar-refractivity contribution in [3.63, 3.8) is 0 Å². The standard InChI is InChI=1S/C45H46N4OSi/c1-29(2)36-17-13-18-37(30(3)4)45(36)32-24-25-46-44(26-32)47-40-19-9-8-16-38(40)39-23-22-35(28-43(39)47)51(7)34-15-12-14-33(27-34)49-42-21-11-10-20-41(42)48(50-49)31(5)6/h8-31,51H,1-7H3. The van der Waals surface area contributed by atoms with Crippen LogP contribution >= 0.6 is 0 Å². The van der Waals surface area contributed by atoms with E-state index in [9.17, 15) is 0 Å². The van der Waals surface area contributed by atoms with E-state index in [0.717, 1.165) is 22.9 Å². The van der Waals surface area contributed by atoms with Gasteiger partial charge in [0.25, 0.3) is 0 Å². The van der Waals surface area contributed by atoms with Crippen molar-refractivity contribution in [3.8, 4) is 16.9 Å². The second kappa shape index (κ2) is 13.2. The van der Waals surface area contributed by atoms with Gasteiger partial charge < -0.3 is 0 Å². The first kappa shape index (κ1) is 33.0. The lowest BCUT2D eigenvalue weighted by atomic mass is 9.85. The Morgan fingerprint density at radius 3 is 2.02 bits per heavy atom. The molecule has 0 saturated carbocycles. The van der Waals surface area contributed by atoms with E-state index in [-0.39, 0.29) is 6.04 Å². The van der Waals surface area contributed by atoms with Gasteiger partial charge in [0.1, 0.15) is 5.82 Å². The lowest BCUT2D eigenvalue weighted by Gasteiger charge is -2.23. The Morgan fingerprint density at radius 1 is 0.608 bits per heavy atom. The Morgan fingerprint density at radius 2 is 1.27 bits per heavy atom. The fourth-order valence-corrected chi connectivity index (χ4v) is 9.75. The van der Waals surface area contributed by atoms with E-state index in [1.165, 1.54) is 54.4 Å². The number of aromatic nitrogens is 2. The number of hydrogen-bond donors (Lipinski definition) is 0. The van der Waals surface area contributed by atoms with Crippen molar-refractivity contribution in [1.29, 1.82) is 0 Å². The quantitative estimate of drug-likeness (QED) is 0.149. The maximum atomic E-state index is 6.43. The molecule has 5 nitrogen and oxygen atoms in total. The number of nitrogens with zero attached hydrogens (tertiary/aromatic N) is 4. The second-order valence-electron chi connectivity index (χ2n) is 14.8. The molecule has 0 N–H and O–H groups in total. The Labute approximate surface area is 303 Å². The highest BCUT2D eigenvalue weighted by Gasteiger charge is 2.31. The number of fused-ring (bicyclic) bond motifs is 4. The molecule has 1 atom stereocenters. The number of hydroxylamine groups is 1. The first-order chi connectivity index (χ1) is 24.7. The topological polar surface area (TPSA) is 33.5 Å². The molecule has 2 aromatic heterocycles. The van der Waals surface area contributed by atoms with Crippen LogP contribution in [0, 0.1) is 0 Å². The van der Waals surface area contributed by atoms with E-state index in [1.54, 1.807) is 0 Å². The Hall–Kier alpha value is -5.17. The van der Waals surface area contributed by atoms with Crippen LogP contribution in [0.25, 0.3) is 38.8 Å². The Kier molecular flexibility index (Phi) is 8.53. The van der Waals surface area contributed by atoms with Crippen LogP contribution < -0.4 is 20.5 Å². The molecule has 1 aliphatic heterocycles. The molecular formula is C45H46N4OSi. The van der Waals surface area contributed by atoms with Crippen LogP contribution in [-0.2, 0) is 4.94 Å². The van der Waals surface area contributed by atoms with Gasteiger partial charge in [0.15, 0.2) is 0 Å². The van der Waals surface area contributed by atoms with Gasteiger partial charge in [-0.25, -0.2) is 10.0 Å². The van der Waals surface area contributed by atoms with E-state index in [0.29, 0.717) is 11.8 Å². The molecule has 0 saturated heterocycles. The number of hydrogen-bond acceptors (Lipinski definition) is 4. The Bertz CT molecular complexity index is 2370. The molecule has 1 unspecified atom stereocenters. The third-order valence-corrected chi connectivity index (χ3v) is 13.1. The summed E-state index contributed by atoms with van der Waals surface area (Å²) in [5.74, 6) is 1.77. The molecule has 0 radical (unpaired) electrons. The molecule has 6 heteroatoms. The lowest BCUT2D eigenvalue weighted by molar-refractivity contribution is 0.113. The minimum Gasteiger partial charge on any atom is -0.294 e. The van der Waals surface area contributed by atoms with Gasteiger partial charge >= 0.3 is 0 Å². The van der Waals surface area contributed by atoms with Gasteiger partial charge in [0.2, 0.25) is 0 Å². The van der Waals surface area contributed by atoms with Crippen LogP contribution in [0.1, 0.15) is 64.5 Å². The summed E-state index contributed by atoms with van der Waals surface area (Å²) in [5, 5.41) is 9.21. The number of pyridine rings is 1. The van der Waals surface area contributed by atoms with Crippen molar-refractivity contribution in [1.82, 2.24) is 9.55 Å². The van der Waals surface area contributed by atoms with Gasteiger partial charge in [-0.1, -0.05) is 117 Å². The monoisotopic (exact) mass is 686 g/mol. The minimum atomic E-state index is -1.60. The summed E-state index contributed by atoms with van der Waals surface area (Å²) >= 11 is 0. The smallest absolute Gasteiger partial charge is 0.138 e. The van der Waals surface area contributed by atoms with Crippen molar-refractivity contribution >= 4 is 58.0 Å². The summed E-state index contributed by atoms with van der Waals surface area (Å²) in [6.07, 6.45) is 1.98. The SMILES string of the molecule is CC(C)c1cccc(C(C)C)c1-c1ccnc(-n2c3ccccc3c3ccc([SiH](C)c4cccc(N5ON(C(C)C)c6ccccc65)c4)cc32)c1. The summed E-state index contributed by atoms with van der Waals surface area (Å²) in [7, 11) is -1.60.